The summed E-state index contributed by atoms with van der Waals surface area (Å²) in [6.45, 7) is 8.64. The lowest BCUT2D eigenvalue weighted by molar-refractivity contribution is 0.183. The number of benzene rings is 1. The molecule has 3 N–H and O–H groups in total. The summed E-state index contributed by atoms with van der Waals surface area (Å²) in [6.07, 6.45) is 3.21. The van der Waals surface area contributed by atoms with Crippen LogP contribution in [0.5, 0.6) is 0 Å². The molecule has 1 aromatic carbocycles. The molecule has 0 spiro atoms. The number of nitrogens with two attached hydrogens (primary N) is 1. The highest BCUT2D eigenvalue weighted by Crippen LogP contribution is 2.24. The maximum atomic E-state index is 12.3. The van der Waals surface area contributed by atoms with Crippen LogP contribution in [0.3, 0.4) is 0 Å². The number of fused-ring (bicyclic) bond motifs is 2. The van der Waals surface area contributed by atoms with E-state index in [1.54, 1.807) is 0 Å². The second-order valence-corrected chi connectivity index (χ2v) is 8.11. The van der Waals surface area contributed by atoms with Gasteiger partial charge in [-0.2, -0.15) is 4.98 Å². The maximum absolute atomic E-state index is 12.3. The van der Waals surface area contributed by atoms with Gasteiger partial charge < -0.3 is 15.2 Å². The summed E-state index contributed by atoms with van der Waals surface area (Å²) in [5, 5.41) is 0. The summed E-state index contributed by atoms with van der Waals surface area (Å²) >= 11 is 0. The fraction of sp³-hybridized carbons (Fsp3) is 0.524. The molecular weight excluding hydrogens is 368 g/mol. The normalized spacial score (nSPS) is 16.1. The van der Waals surface area contributed by atoms with Gasteiger partial charge in [0.25, 0.3) is 5.56 Å². The Morgan fingerprint density at radius 3 is 2.55 bits per heavy atom. The molecule has 29 heavy (non-hydrogen) atoms. The average Bonchev–Trinajstić information content (AvgIpc) is 2.70. The molecule has 0 radical (unpaired) electrons. The minimum Gasteiger partial charge on any atom is -0.330 e. The van der Waals surface area contributed by atoms with Crippen molar-refractivity contribution >= 4 is 11.0 Å². The number of hydrogen-bond donors (Lipinski definition) is 2. The molecule has 0 aliphatic carbocycles. The van der Waals surface area contributed by atoms with Gasteiger partial charge in [0.1, 0.15) is 0 Å². The van der Waals surface area contributed by atoms with E-state index in [1.807, 2.05) is 17.6 Å². The predicted molar refractivity (Wildman–Crippen MR) is 113 cm³/mol. The highest BCUT2D eigenvalue weighted by Gasteiger charge is 2.20. The van der Waals surface area contributed by atoms with Gasteiger partial charge in [0.05, 0.1) is 11.0 Å². The smallest absolute Gasteiger partial charge is 0.330 e. The van der Waals surface area contributed by atoms with Crippen LogP contribution < -0.4 is 17.0 Å². The Morgan fingerprint density at radius 2 is 1.83 bits per heavy atom. The maximum Gasteiger partial charge on any atom is 0.349 e. The quantitative estimate of drug-likeness (QED) is 0.629. The Balaban J connectivity index is 1.66. The predicted octanol–water partition coefficient (Wildman–Crippen LogP) is 1.26. The number of hydrogen-bond acceptors (Lipinski definition) is 6. The Kier molecular flexibility index (Phi) is 5.47. The third-order valence-corrected chi connectivity index (χ3v) is 6.12. The first kappa shape index (κ1) is 19.7. The van der Waals surface area contributed by atoms with E-state index in [0.29, 0.717) is 18.3 Å². The Bertz CT molecular complexity index is 1110. The van der Waals surface area contributed by atoms with E-state index in [9.17, 15) is 9.59 Å². The largest absolute Gasteiger partial charge is 0.349 e. The van der Waals surface area contributed by atoms with E-state index in [1.165, 1.54) is 0 Å². The molecule has 1 aromatic rings. The zero-order valence-corrected chi connectivity index (χ0v) is 17.1. The molecule has 3 heterocycles. The lowest BCUT2D eigenvalue weighted by Crippen LogP contribution is -2.37. The van der Waals surface area contributed by atoms with Crippen LogP contribution in [0.25, 0.3) is 22.6 Å². The summed E-state index contributed by atoms with van der Waals surface area (Å²) in [7, 11) is 0. The number of rotatable bonds is 5. The van der Waals surface area contributed by atoms with Gasteiger partial charge in [0.15, 0.2) is 11.5 Å². The molecule has 0 unspecified atom stereocenters. The zero-order chi connectivity index (χ0) is 20.5. The van der Waals surface area contributed by atoms with Crippen LogP contribution in [0.2, 0.25) is 0 Å². The molecule has 1 fully saturated rings. The topological polar surface area (TPSA) is 110 Å². The van der Waals surface area contributed by atoms with E-state index >= 15 is 0 Å². The molecule has 3 aliphatic rings. The Hall–Kier alpha value is -2.58. The molecule has 8 nitrogen and oxygen atoms in total. The van der Waals surface area contributed by atoms with Gasteiger partial charge in [0.2, 0.25) is 0 Å². The van der Waals surface area contributed by atoms with Crippen LogP contribution in [0.15, 0.2) is 21.7 Å². The third kappa shape index (κ3) is 3.95. The van der Waals surface area contributed by atoms with Gasteiger partial charge in [-0.25, -0.2) is 9.78 Å². The Labute approximate surface area is 169 Å². The summed E-state index contributed by atoms with van der Waals surface area (Å²) in [4.78, 5) is 37.5. The van der Waals surface area contributed by atoms with Crippen molar-refractivity contribution < 1.29 is 0 Å². The average molecular weight is 396 g/mol. The second kappa shape index (κ2) is 8.04. The second-order valence-electron chi connectivity index (χ2n) is 8.11. The fourth-order valence-electron chi connectivity index (χ4n) is 4.17. The molecule has 1 saturated heterocycles. The van der Waals surface area contributed by atoms with Crippen LogP contribution in [-0.4, -0.2) is 50.6 Å². The summed E-state index contributed by atoms with van der Waals surface area (Å²) in [5.74, 6) is 1.00. The van der Waals surface area contributed by atoms with Crippen LogP contribution in [0.4, 0.5) is 0 Å². The number of likely N-dealkylation sites (tertiary alicyclic amines) is 1. The van der Waals surface area contributed by atoms with Crippen LogP contribution in [-0.2, 0) is 6.54 Å². The molecule has 0 amide bonds. The van der Waals surface area contributed by atoms with E-state index < -0.39 is 11.2 Å². The number of H-pyrrole nitrogens is 1. The van der Waals surface area contributed by atoms with Crippen molar-refractivity contribution in [2.24, 2.45) is 11.7 Å². The van der Waals surface area contributed by atoms with Crippen LogP contribution >= 0.6 is 0 Å². The molecule has 0 bridgehead atoms. The van der Waals surface area contributed by atoms with Gasteiger partial charge in [-0.15, -0.1) is 0 Å². The van der Waals surface area contributed by atoms with Gasteiger partial charge in [-0.05, 0) is 88.5 Å². The van der Waals surface area contributed by atoms with Crippen molar-refractivity contribution in [2.45, 2.75) is 39.7 Å². The van der Waals surface area contributed by atoms with Crippen molar-refractivity contribution in [3.63, 3.8) is 0 Å². The molecular formula is C21H28N6O2. The number of aryl methyl sites for hydroxylation is 3. The van der Waals surface area contributed by atoms with E-state index in [-0.39, 0.29) is 5.69 Å². The van der Waals surface area contributed by atoms with Gasteiger partial charge in [-0.1, -0.05) is 0 Å². The summed E-state index contributed by atoms with van der Waals surface area (Å²) in [6, 6.07) is 4.06. The lowest BCUT2D eigenvalue weighted by Gasteiger charge is -2.31. The number of piperidine rings is 1. The fourth-order valence-corrected chi connectivity index (χ4v) is 4.17. The SMILES string of the molecule is Cc1cc2nc3c(=O)[nH]c(=O)nc-3n(CCCN3CCC(CN)CC3)c2cc1C. The molecule has 0 aromatic heterocycles. The van der Waals surface area contributed by atoms with Crippen molar-refractivity contribution in [3.8, 4) is 11.5 Å². The molecule has 8 heteroatoms. The van der Waals surface area contributed by atoms with Crippen molar-refractivity contribution in [2.75, 3.05) is 26.2 Å². The number of nitrogens with zero attached hydrogens (tertiary/aromatic N) is 4. The number of aromatic amines is 1. The van der Waals surface area contributed by atoms with Crippen LogP contribution in [0.1, 0.15) is 30.4 Å². The van der Waals surface area contributed by atoms with E-state index in [4.69, 9.17) is 5.73 Å². The highest BCUT2D eigenvalue weighted by atomic mass is 16.2. The summed E-state index contributed by atoms with van der Waals surface area (Å²) < 4.78 is 1.98. The molecule has 4 rings (SSSR count). The van der Waals surface area contributed by atoms with Crippen LogP contribution in [0, 0.1) is 19.8 Å². The molecule has 0 atom stereocenters. The minimum absolute atomic E-state index is 0.212. The number of nitrogens with one attached hydrogen (secondary N) is 1. The standard InChI is InChI=1S/C21H28N6O2/c1-13-10-16-17(11-14(13)2)27(19-18(23-16)20(28)25-21(29)24-19)7-3-6-26-8-4-15(12-22)5-9-26/h10-11,15H,3-9,12,22H2,1-2H3,(H,25,28,29). The molecule has 0 saturated carbocycles. The first-order valence-corrected chi connectivity index (χ1v) is 10.3. The van der Waals surface area contributed by atoms with Crippen molar-refractivity contribution in [3.05, 3.63) is 44.1 Å². The minimum atomic E-state index is -0.634. The zero-order valence-electron chi connectivity index (χ0n) is 17.1. The van der Waals surface area contributed by atoms with Gasteiger partial charge in [0, 0.05) is 6.54 Å². The van der Waals surface area contributed by atoms with Crippen molar-refractivity contribution in [1.29, 1.82) is 0 Å². The Morgan fingerprint density at radius 1 is 1.10 bits per heavy atom. The first-order chi connectivity index (χ1) is 14.0. The lowest BCUT2D eigenvalue weighted by atomic mass is 9.97. The molecule has 3 aliphatic heterocycles. The molecule has 154 valence electrons. The van der Waals surface area contributed by atoms with E-state index in [2.05, 4.69) is 32.8 Å². The first-order valence-electron chi connectivity index (χ1n) is 10.3. The summed E-state index contributed by atoms with van der Waals surface area (Å²) in [5.41, 5.74) is 8.78. The monoisotopic (exact) mass is 396 g/mol. The van der Waals surface area contributed by atoms with Crippen molar-refractivity contribution in [1.82, 2.24) is 24.4 Å². The van der Waals surface area contributed by atoms with Gasteiger partial charge in [-0.3, -0.25) is 9.78 Å². The third-order valence-electron chi connectivity index (χ3n) is 6.12. The number of aromatic nitrogens is 4. The highest BCUT2D eigenvalue weighted by molar-refractivity contribution is 5.81. The van der Waals surface area contributed by atoms with E-state index in [0.717, 1.165) is 67.6 Å². The van der Waals surface area contributed by atoms with Gasteiger partial charge >= 0.3 is 5.69 Å².